The van der Waals surface area contributed by atoms with Crippen molar-refractivity contribution in [2.45, 2.75) is 58.7 Å². The maximum absolute atomic E-state index is 12.7. The zero-order valence-electron chi connectivity index (χ0n) is 13.0. The van der Waals surface area contributed by atoms with E-state index in [0.717, 1.165) is 19.4 Å². The summed E-state index contributed by atoms with van der Waals surface area (Å²) >= 11 is 0. The van der Waals surface area contributed by atoms with Crippen LogP contribution in [0.5, 0.6) is 0 Å². The monoisotopic (exact) mass is 282 g/mol. The van der Waals surface area contributed by atoms with Crippen molar-refractivity contribution < 1.29 is 14.3 Å². The number of amides is 2. The quantitative estimate of drug-likeness (QED) is 0.763. The highest BCUT2D eigenvalue weighted by molar-refractivity contribution is 5.97. The summed E-state index contributed by atoms with van der Waals surface area (Å²) in [6, 6.07) is -0.629. The van der Waals surface area contributed by atoms with Crippen LogP contribution in [0.2, 0.25) is 0 Å². The first-order chi connectivity index (χ1) is 9.49. The molecule has 20 heavy (non-hydrogen) atoms. The van der Waals surface area contributed by atoms with Crippen molar-refractivity contribution in [1.82, 2.24) is 9.80 Å². The fraction of sp³-hybridized carbons (Fsp3) is 0.867. The summed E-state index contributed by atoms with van der Waals surface area (Å²) in [6.45, 7) is 9.81. The number of nitrogens with zero attached hydrogens (tertiary/aromatic N) is 2. The largest absolute Gasteiger partial charge is 0.380 e. The second kappa shape index (κ2) is 6.12. The summed E-state index contributed by atoms with van der Waals surface area (Å²) in [5.74, 6) is 0.468. The Bertz CT molecular complexity index is 383. The van der Waals surface area contributed by atoms with Crippen LogP contribution in [0.4, 0.5) is 0 Å². The molecular weight excluding hydrogens is 256 g/mol. The standard InChI is InChI=1S/C15H26N2O3/c1-5-20-9-13(10(2)3)17-11(4)14(18)16-8-6-7-12(16)15(17)19/h10-13H,5-9H2,1-4H3. The van der Waals surface area contributed by atoms with E-state index in [1.165, 1.54) is 0 Å². The molecule has 0 aromatic rings. The molecule has 0 spiro atoms. The molecule has 3 atom stereocenters. The van der Waals surface area contributed by atoms with Gasteiger partial charge in [-0.15, -0.1) is 0 Å². The number of fused-ring (bicyclic) bond motifs is 1. The summed E-state index contributed by atoms with van der Waals surface area (Å²) in [5.41, 5.74) is 0. The van der Waals surface area contributed by atoms with Crippen molar-refractivity contribution in [2.24, 2.45) is 5.92 Å². The van der Waals surface area contributed by atoms with Gasteiger partial charge in [-0.05, 0) is 32.6 Å². The zero-order valence-corrected chi connectivity index (χ0v) is 13.0. The maximum atomic E-state index is 12.7. The highest BCUT2D eigenvalue weighted by Crippen LogP contribution is 2.29. The number of hydrogen-bond donors (Lipinski definition) is 0. The van der Waals surface area contributed by atoms with Gasteiger partial charge in [-0.25, -0.2) is 0 Å². The van der Waals surface area contributed by atoms with Crippen LogP contribution in [0.25, 0.3) is 0 Å². The molecule has 2 rings (SSSR count). The van der Waals surface area contributed by atoms with Gasteiger partial charge in [-0.3, -0.25) is 9.59 Å². The van der Waals surface area contributed by atoms with Crippen molar-refractivity contribution in [1.29, 1.82) is 0 Å². The van der Waals surface area contributed by atoms with Crippen LogP contribution in [0, 0.1) is 5.92 Å². The van der Waals surface area contributed by atoms with Gasteiger partial charge in [-0.2, -0.15) is 0 Å². The second-order valence-electron chi connectivity index (χ2n) is 6.08. The zero-order chi connectivity index (χ0) is 14.9. The number of ether oxygens (including phenoxy) is 1. The smallest absolute Gasteiger partial charge is 0.246 e. The summed E-state index contributed by atoms with van der Waals surface area (Å²) in [6.07, 6.45) is 1.73. The SMILES string of the molecule is CCOCC(C(C)C)N1C(=O)C2CCCN2C(=O)C1C. The van der Waals surface area contributed by atoms with Crippen LogP contribution in [0.15, 0.2) is 0 Å². The molecule has 0 radical (unpaired) electrons. The average Bonchev–Trinajstić information content (AvgIpc) is 2.89. The van der Waals surface area contributed by atoms with Crippen molar-refractivity contribution in [3.8, 4) is 0 Å². The maximum Gasteiger partial charge on any atom is 0.246 e. The number of hydrogen-bond acceptors (Lipinski definition) is 3. The Morgan fingerprint density at radius 1 is 1.30 bits per heavy atom. The Balaban J connectivity index is 2.23. The van der Waals surface area contributed by atoms with Gasteiger partial charge in [0.2, 0.25) is 11.8 Å². The van der Waals surface area contributed by atoms with Gasteiger partial charge in [-0.1, -0.05) is 13.8 Å². The predicted octanol–water partition coefficient (Wildman–Crippen LogP) is 1.27. The van der Waals surface area contributed by atoms with Gasteiger partial charge in [0.25, 0.3) is 0 Å². The molecule has 0 N–H and O–H groups in total. The fourth-order valence-electron chi connectivity index (χ4n) is 3.29. The molecule has 114 valence electrons. The number of rotatable bonds is 5. The average molecular weight is 282 g/mol. The molecule has 2 amide bonds. The minimum atomic E-state index is -0.371. The Labute approximate surface area is 121 Å². The fourth-order valence-corrected chi connectivity index (χ4v) is 3.29. The predicted molar refractivity (Wildman–Crippen MR) is 76.2 cm³/mol. The van der Waals surface area contributed by atoms with E-state index in [9.17, 15) is 9.59 Å². The summed E-state index contributed by atoms with van der Waals surface area (Å²) in [4.78, 5) is 28.8. The molecule has 5 heteroatoms. The van der Waals surface area contributed by atoms with Crippen molar-refractivity contribution in [3.63, 3.8) is 0 Å². The molecule has 5 nitrogen and oxygen atoms in total. The normalized spacial score (nSPS) is 28.2. The van der Waals surface area contributed by atoms with E-state index in [1.54, 1.807) is 9.80 Å². The van der Waals surface area contributed by atoms with Crippen molar-refractivity contribution >= 4 is 11.8 Å². The van der Waals surface area contributed by atoms with E-state index in [-0.39, 0.29) is 35.9 Å². The summed E-state index contributed by atoms with van der Waals surface area (Å²) in [5, 5.41) is 0. The Morgan fingerprint density at radius 3 is 2.60 bits per heavy atom. The molecule has 0 aromatic heterocycles. The van der Waals surface area contributed by atoms with Gasteiger partial charge in [0.1, 0.15) is 12.1 Å². The van der Waals surface area contributed by atoms with Crippen LogP contribution in [-0.2, 0) is 14.3 Å². The second-order valence-corrected chi connectivity index (χ2v) is 6.08. The molecule has 2 saturated heterocycles. The third-order valence-corrected chi connectivity index (χ3v) is 4.47. The minimum absolute atomic E-state index is 0.0239. The lowest BCUT2D eigenvalue weighted by molar-refractivity contribution is -0.164. The van der Waals surface area contributed by atoms with Gasteiger partial charge in [0, 0.05) is 13.2 Å². The molecule has 0 aliphatic carbocycles. The highest BCUT2D eigenvalue weighted by Gasteiger charge is 2.48. The van der Waals surface area contributed by atoms with E-state index in [4.69, 9.17) is 4.74 Å². The topological polar surface area (TPSA) is 49.9 Å². The molecule has 0 aromatic carbocycles. The van der Waals surface area contributed by atoms with Crippen molar-refractivity contribution in [2.75, 3.05) is 19.8 Å². The minimum Gasteiger partial charge on any atom is -0.380 e. The summed E-state index contributed by atoms with van der Waals surface area (Å²) < 4.78 is 5.53. The lowest BCUT2D eigenvalue weighted by atomic mass is 9.97. The van der Waals surface area contributed by atoms with Gasteiger partial charge in [0.15, 0.2) is 0 Å². The lowest BCUT2D eigenvalue weighted by Gasteiger charge is -2.45. The van der Waals surface area contributed by atoms with Crippen LogP contribution >= 0.6 is 0 Å². The molecule has 0 bridgehead atoms. The first-order valence-electron chi connectivity index (χ1n) is 7.69. The van der Waals surface area contributed by atoms with Crippen LogP contribution < -0.4 is 0 Å². The molecule has 2 aliphatic rings. The van der Waals surface area contributed by atoms with Gasteiger partial charge >= 0.3 is 0 Å². The highest BCUT2D eigenvalue weighted by atomic mass is 16.5. The van der Waals surface area contributed by atoms with E-state index >= 15 is 0 Å². The Morgan fingerprint density at radius 2 is 2.00 bits per heavy atom. The van der Waals surface area contributed by atoms with E-state index in [2.05, 4.69) is 13.8 Å². The van der Waals surface area contributed by atoms with Gasteiger partial charge in [0.05, 0.1) is 12.6 Å². The van der Waals surface area contributed by atoms with Crippen LogP contribution in [-0.4, -0.2) is 59.5 Å². The third-order valence-electron chi connectivity index (χ3n) is 4.47. The third kappa shape index (κ3) is 2.55. The lowest BCUT2D eigenvalue weighted by Crippen LogP contribution is -2.65. The molecule has 2 fully saturated rings. The number of carbonyl (C=O) groups is 2. The molecular formula is C15H26N2O3. The van der Waals surface area contributed by atoms with Gasteiger partial charge < -0.3 is 14.5 Å². The van der Waals surface area contributed by atoms with Crippen LogP contribution in [0.3, 0.4) is 0 Å². The van der Waals surface area contributed by atoms with E-state index in [1.807, 2.05) is 13.8 Å². The molecule has 3 unspecified atom stereocenters. The molecule has 2 aliphatic heterocycles. The van der Waals surface area contributed by atoms with Crippen molar-refractivity contribution in [3.05, 3.63) is 0 Å². The number of carbonyl (C=O) groups excluding carboxylic acids is 2. The first kappa shape index (κ1) is 15.3. The Hall–Kier alpha value is -1.10. The first-order valence-corrected chi connectivity index (χ1v) is 7.69. The Kier molecular flexibility index (Phi) is 4.68. The van der Waals surface area contributed by atoms with E-state index in [0.29, 0.717) is 13.2 Å². The molecule has 0 saturated carbocycles. The molecule has 2 heterocycles. The van der Waals surface area contributed by atoms with Crippen LogP contribution in [0.1, 0.15) is 40.5 Å². The summed E-state index contributed by atoms with van der Waals surface area (Å²) in [7, 11) is 0. The van der Waals surface area contributed by atoms with E-state index < -0.39 is 0 Å². The number of piperazine rings is 1.